The number of nitrogens with one attached hydrogen (secondary N) is 1. The van der Waals surface area contributed by atoms with E-state index in [-0.39, 0.29) is 0 Å². The molecule has 0 radical (unpaired) electrons. The number of hydrogen-bond donors (Lipinski definition) is 1. The lowest BCUT2D eigenvalue weighted by atomic mass is 9.96. The van der Waals surface area contributed by atoms with Crippen LogP contribution in [0.2, 0.25) is 0 Å². The molecule has 0 spiro atoms. The van der Waals surface area contributed by atoms with Crippen LogP contribution in [-0.4, -0.2) is 63.2 Å². The molecular weight excluding hydrogens is 222 g/mol. The van der Waals surface area contributed by atoms with Crippen LogP contribution in [0.15, 0.2) is 0 Å². The molecule has 3 nitrogen and oxygen atoms in total. The van der Waals surface area contributed by atoms with Crippen LogP contribution in [0.3, 0.4) is 0 Å². The van der Waals surface area contributed by atoms with Gasteiger partial charge >= 0.3 is 0 Å². The first kappa shape index (κ1) is 15.9. The van der Waals surface area contributed by atoms with Crippen LogP contribution >= 0.6 is 0 Å². The maximum Gasteiger partial charge on any atom is 0.0107 e. The third kappa shape index (κ3) is 7.34. The minimum atomic E-state index is 1.00. The Morgan fingerprint density at radius 1 is 1.17 bits per heavy atom. The molecule has 1 atom stereocenters. The highest BCUT2D eigenvalue weighted by molar-refractivity contribution is 4.70. The number of likely N-dealkylation sites (N-methyl/N-ethyl adjacent to an activating group) is 1. The van der Waals surface area contributed by atoms with Crippen molar-refractivity contribution in [2.24, 2.45) is 5.92 Å². The zero-order chi connectivity index (χ0) is 13.2. The Bertz CT molecular complexity index is 194. The van der Waals surface area contributed by atoms with E-state index in [4.69, 9.17) is 0 Å². The molecule has 1 aliphatic rings. The average Bonchev–Trinajstić information content (AvgIpc) is 2.55. The zero-order valence-corrected chi connectivity index (χ0v) is 12.7. The van der Waals surface area contributed by atoms with Crippen molar-refractivity contribution in [1.82, 2.24) is 15.1 Å². The van der Waals surface area contributed by atoms with Gasteiger partial charge < -0.3 is 15.1 Å². The van der Waals surface area contributed by atoms with E-state index in [9.17, 15) is 0 Å². The highest BCUT2D eigenvalue weighted by Gasteiger charge is 2.15. The monoisotopic (exact) mass is 255 g/mol. The van der Waals surface area contributed by atoms with Gasteiger partial charge in [0, 0.05) is 26.2 Å². The molecule has 0 aromatic heterocycles. The van der Waals surface area contributed by atoms with E-state index in [2.05, 4.69) is 36.1 Å². The van der Waals surface area contributed by atoms with Crippen LogP contribution < -0.4 is 5.32 Å². The van der Waals surface area contributed by atoms with Gasteiger partial charge in [0.15, 0.2) is 0 Å². The summed E-state index contributed by atoms with van der Waals surface area (Å²) in [6.45, 7) is 9.57. The van der Waals surface area contributed by atoms with Gasteiger partial charge in [-0.15, -0.1) is 0 Å². The molecule has 0 amide bonds. The van der Waals surface area contributed by atoms with Crippen LogP contribution in [0, 0.1) is 5.92 Å². The molecule has 108 valence electrons. The van der Waals surface area contributed by atoms with Crippen molar-refractivity contribution in [3.05, 3.63) is 0 Å². The second-order valence-corrected chi connectivity index (χ2v) is 5.98. The van der Waals surface area contributed by atoms with Gasteiger partial charge in [0.05, 0.1) is 0 Å². The molecule has 18 heavy (non-hydrogen) atoms. The molecular formula is C15H33N3. The summed E-state index contributed by atoms with van der Waals surface area (Å²) >= 11 is 0. The Morgan fingerprint density at radius 3 is 2.72 bits per heavy atom. The predicted octanol–water partition coefficient (Wildman–Crippen LogP) is 2.04. The quantitative estimate of drug-likeness (QED) is 0.670. The first-order chi connectivity index (χ1) is 8.72. The fourth-order valence-electron chi connectivity index (χ4n) is 2.81. The third-order valence-electron chi connectivity index (χ3n) is 3.98. The van der Waals surface area contributed by atoms with Crippen LogP contribution in [0.25, 0.3) is 0 Å². The van der Waals surface area contributed by atoms with E-state index in [1.807, 2.05) is 0 Å². The van der Waals surface area contributed by atoms with E-state index in [1.54, 1.807) is 0 Å². The molecule has 1 N–H and O–H groups in total. The van der Waals surface area contributed by atoms with Gasteiger partial charge in [0.25, 0.3) is 0 Å². The summed E-state index contributed by atoms with van der Waals surface area (Å²) in [5.41, 5.74) is 0. The molecule has 0 aromatic carbocycles. The molecule has 1 aliphatic heterocycles. The second kappa shape index (κ2) is 9.76. The lowest BCUT2D eigenvalue weighted by Crippen LogP contribution is -2.35. The summed E-state index contributed by atoms with van der Waals surface area (Å²) < 4.78 is 0. The van der Waals surface area contributed by atoms with Gasteiger partial charge in [-0.3, -0.25) is 0 Å². The number of nitrogens with zero attached hydrogens (tertiary/aromatic N) is 2. The molecule has 0 saturated carbocycles. The lowest BCUT2D eigenvalue weighted by Gasteiger charge is -2.20. The predicted molar refractivity (Wildman–Crippen MR) is 80.1 cm³/mol. The van der Waals surface area contributed by atoms with Gasteiger partial charge in [-0.1, -0.05) is 19.8 Å². The largest absolute Gasteiger partial charge is 0.314 e. The van der Waals surface area contributed by atoms with Crippen molar-refractivity contribution in [3.63, 3.8) is 0 Å². The van der Waals surface area contributed by atoms with Gasteiger partial charge in [-0.05, 0) is 52.4 Å². The van der Waals surface area contributed by atoms with E-state index in [1.165, 1.54) is 51.7 Å². The fraction of sp³-hybridized carbons (Fsp3) is 1.00. The molecule has 1 unspecified atom stereocenters. The molecule has 0 aliphatic carbocycles. The van der Waals surface area contributed by atoms with Crippen molar-refractivity contribution in [2.75, 3.05) is 53.4 Å². The molecule has 1 heterocycles. The maximum absolute atomic E-state index is 3.54. The van der Waals surface area contributed by atoms with Gasteiger partial charge in [0.2, 0.25) is 0 Å². The van der Waals surface area contributed by atoms with E-state index < -0.39 is 0 Å². The van der Waals surface area contributed by atoms with Crippen LogP contribution in [0.4, 0.5) is 0 Å². The Kier molecular flexibility index (Phi) is 8.64. The Hall–Kier alpha value is -0.120. The first-order valence-electron chi connectivity index (χ1n) is 7.80. The number of likely N-dealkylation sites (tertiary alicyclic amines) is 1. The van der Waals surface area contributed by atoms with Crippen molar-refractivity contribution >= 4 is 0 Å². The Morgan fingerprint density at radius 2 is 2.00 bits per heavy atom. The van der Waals surface area contributed by atoms with E-state index in [0.717, 1.165) is 25.6 Å². The van der Waals surface area contributed by atoms with Crippen molar-refractivity contribution in [3.8, 4) is 0 Å². The molecule has 1 rings (SSSR count). The SMILES string of the molecule is CCCC1CCCN(CCNCCN(C)C)CC1. The van der Waals surface area contributed by atoms with E-state index in [0.29, 0.717) is 0 Å². The molecule has 0 bridgehead atoms. The highest BCUT2D eigenvalue weighted by Crippen LogP contribution is 2.21. The fourth-order valence-corrected chi connectivity index (χ4v) is 2.81. The molecule has 0 aromatic rings. The van der Waals surface area contributed by atoms with Crippen LogP contribution in [-0.2, 0) is 0 Å². The van der Waals surface area contributed by atoms with Crippen LogP contribution in [0.1, 0.15) is 39.0 Å². The van der Waals surface area contributed by atoms with E-state index >= 15 is 0 Å². The summed E-state index contributed by atoms with van der Waals surface area (Å²) in [4.78, 5) is 4.88. The van der Waals surface area contributed by atoms with Crippen LogP contribution in [0.5, 0.6) is 0 Å². The summed E-state index contributed by atoms with van der Waals surface area (Å²) in [6.07, 6.45) is 7.08. The van der Waals surface area contributed by atoms with Crippen molar-refractivity contribution in [2.45, 2.75) is 39.0 Å². The van der Waals surface area contributed by atoms with Gasteiger partial charge in [0.1, 0.15) is 0 Å². The normalized spacial score (nSPS) is 22.3. The molecule has 1 fully saturated rings. The highest BCUT2D eigenvalue weighted by atomic mass is 15.1. The summed E-state index contributed by atoms with van der Waals surface area (Å²) in [6, 6.07) is 0. The molecule has 1 saturated heterocycles. The minimum Gasteiger partial charge on any atom is -0.314 e. The maximum atomic E-state index is 3.54. The summed E-state index contributed by atoms with van der Waals surface area (Å²) in [5.74, 6) is 1.00. The molecule has 3 heteroatoms. The standard InChI is InChI=1S/C15H33N3/c1-4-6-15-7-5-11-18(12-8-15)14-10-16-9-13-17(2)3/h15-16H,4-14H2,1-3H3. The van der Waals surface area contributed by atoms with Crippen molar-refractivity contribution in [1.29, 1.82) is 0 Å². The lowest BCUT2D eigenvalue weighted by molar-refractivity contribution is 0.276. The van der Waals surface area contributed by atoms with Crippen molar-refractivity contribution < 1.29 is 0 Å². The smallest absolute Gasteiger partial charge is 0.0107 e. The summed E-state index contributed by atoms with van der Waals surface area (Å²) in [5, 5.41) is 3.54. The topological polar surface area (TPSA) is 18.5 Å². The second-order valence-electron chi connectivity index (χ2n) is 5.98. The number of hydrogen-bond acceptors (Lipinski definition) is 3. The Balaban J connectivity index is 2.04. The Labute approximate surface area is 114 Å². The minimum absolute atomic E-state index is 1.00. The van der Waals surface area contributed by atoms with Gasteiger partial charge in [-0.2, -0.15) is 0 Å². The third-order valence-corrected chi connectivity index (χ3v) is 3.98. The number of rotatable bonds is 8. The van der Waals surface area contributed by atoms with Gasteiger partial charge in [-0.25, -0.2) is 0 Å². The average molecular weight is 255 g/mol. The zero-order valence-electron chi connectivity index (χ0n) is 12.7. The summed E-state index contributed by atoms with van der Waals surface area (Å²) in [7, 11) is 4.26. The first-order valence-corrected chi connectivity index (χ1v) is 7.80.